The molecule has 200 valence electrons. The second-order valence-corrected chi connectivity index (χ2v) is 6.66. The molecule has 0 aliphatic rings. The van der Waals surface area contributed by atoms with Gasteiger partial charge in [-0.2, -0.15) is 0 Å². The van der Waals surface area contributed by atoms with Crippen LogP contribution in [0.3, 0.4) is 0 Å². The topological polar surface area (TPSA) is 150 Å². The Morgan fingerprint density at radius 3 is 1.33 bits per heavy atom. The first-order chi connectivity index (χ1) is 15.9. The minimum Gasteiger partial charge on any atom is -0.550 e. The third-order valence-corrected chi connectivity index (χ3v) is 3.58. The van der Waals surface area contributed by atoms with Crippen molar-refractivity contribution < 1.29 is 49.4 Å². The summed E-state index contributed by atoms with van der Waals surface area (Å²) in [4.78, 5) is 19.3. The molecule has 0 radical (unpaired) electrons. The van der Waals surface area contributed by atoms with Crippen molar-refractivity contribution in [2.75, 3.05) is 81.0 Å². The summed E-state index contributed by atoms with van der Waals surface area (Å²) < 4.78 is 19.4. The molecule has 10 nitrogen and oxygen atoms in total. The van der Waals surface area contributed by atoms with Gasteiger partial charge in [0.05, 0.1) is 58.6 Å². The Morgan fingerprint density at radius 2 is 1.12 bits per heavy atom. The zero-order chi connectivity index (χ0) is 26.0. The summed E-state index contributed by atoms with van der Waals surface area (Å²) in [5.74, 6) is -2.06. The number of carbonyl (C=O) groups excluding carboxylic acids is 2. The molecule has 0 aromatic carbocycles. The van der Waals surface area contributed by atoms with Crippen LogP contribution in [0.4, 0.5) is 0 Å². The molecule has 0 rings (SSSR count). The average molecular weight is 483 g/mol. The van der Waals surface area contributed by atoms with Crippen molar-refractivity contribution in [3.63, 3.8) is 0 Å². The fourth-order valence-corrected chi connectivity index (χ4v) is 1.83. The van der Waals surface area contributed by atoms with Crippen molar-refractivity contribution >= 4 is 11.9 Å². The number of allylic oxidation sites excluding steroid dienone is 1. The third kappa shape index (κ3) is 65.1. The van der Waals surface area contributed by atoms with Gasteiger partial charge in [0.15, 0.2) is 0 Å². The molecule has 0 spiro atoms. The smallest absolute Gasteiger partial charge is 0.0993 e. The highest BCUT2D eigenvalue weighted by Gasteiger charge is 1.88. The van der Waals surface area contributed by atoms with E-state index in [0.717, 1.165) is 84.4 Å². The highest BCUT2D eigenvalue weighted by Crippen LogP contribution is 1.96. The maximum atomic E-state index is 9.76. The van der Waals surface area contributed by atoms with E-state index in [0.29, 0.717) is 0 Å². The molecular formula is C23H50N2O8. The molecule has 0 heterocycles. The molecule has 0 fully saturated rings. The molecule has 0 bridgehead atoms. The number of carbonyl (C=O) groups is 2. The number of quaternary nitrogens is 2. The number of hydrogen-bond donors (Lipinski definition) is 2. The maximum Gasteiger partial charge on any atom is 0.0993 e. The lowest BCUT2D eigenvalue weighted by Crippen LogP contribution is -2.86. The zero-order valence-corrected chi connectivity index (χ0v) is 21.8. The van der Waals surface area contributed by atoms with Crippen molar-refractivity contribution in [3.8, 4) is 0 Å². The summed E-state index contributed by atoms with van der Waals surface area (Å²) in [6, 6.07) is 0. The van der Waals surface area contributed by atoms with Crippen LogP contribution in [0, 0.1) is 0 Å². The lowest BCUT2D eigenvalue weighted by atomic mass is 10.2. The molecule has 0 unspecified atom stereocenters. The van der Waals surface area contributed by atoms with Gasteiger partial charge in [0.2, 0.25) is 0 Å². The van der Waals surface area contributed by atoms with Gasteiger partial charge in [-0.05, 0) is 25.3 Å². The number of nitrogens with two attached hydrogens (primary N) is 2. The predicted octanol–water partition coefficient (Wildman–Crippen LogP) is -2.30. The van der Waals surface area contributed by atoms with Crippen LogP contribution < -0.4 is 20.8 Å². The molecule has 33 heavy (non-hydrogen) atoms. The standard InChI is InChI=1S/2C6H15NO2.C6H12O2.C5H8O2/c2*1-8-5-3-7-4-6-9-2;1-2-3-4-5-6(7)8;1-2-3-4-5(6)7/h2*7H,3-6H2,1-2H3;2-5H2,1H3,(H,7,8);3-4H,2H2,1H3,(H,6,7). The van der Waals surface area contributed by atoms with E-state index in [1.165, 1.54) is 6.08 Å². The highest BCUT2D eigenvalue weighted by molar-refractivity contribution is 5.77. The summed E-state index contributed by atoms with van der Waals surface area (Å²) in [7, 11) is 6.85. The van der Waals surface area contributed by atoms with E-state index in [4.69, 9.17) is 18.9 Å². The number of methoxy groups -OCH3 is 4. The molecule has 10 heteroatoms. The molecule has 0 aromatic heterocycles. The van der Waals surface area contributed by atoms with Crippen molar-refractivity contribution in [1.82, 2.24) is 0 Å². The van der Waals surface area contributed by atoms with Crippen LogP contribution in [0.1, 0.15) is 46.0 Å². The van der Waals surface area contributed by atoms with Gasteiger partial charge >= 0.3 is 0 Å². The van der Waals surface area contributed by atoms with Gasteiger partial charge in [0.1, 0.15) is 0 Å². The van der Waals surface area contributed by atoms with Gasteiger partial charge in [0.25, 0.3) is 0 Å². The lowest BCUT2D eigenvalue weighted by Gasteiger charge is -1.98. The number of aliphatic carboxylic acids is 2. The van der Waals surface area contributed by atoms with Crippen LogP contribution in [0.2, 0.25) is 0 Å². The van der Waals surface area contributed by atoms with E-state index < -0.39 is 11.9 Å². The van der Waals surface area contributed by atoms with E-state index in [9.17, 15) is 19.8 Å². The highest BCUT2D eigenvalue weighted by atomic mass is 16.5. The van der Waals surface area contributed by atoms with Gasteiger partial charge in [-0.3, -0.25) is 0 Å². The van der Waals surface area contributed by atoms with Crippen molar-refractivity contribution in [1.29, 1.82) is 0 Å². The largest absolute Gasteiger partial charge is 0.550 e. The Kier molecular flexibility index (Phi) is 47.8. The summed E-state index contributed by atoms with van der Waals surface area (Å²) >= 11 is 0. The van der Waals surface area contributed by atoms with Crippen molar-refractivity contribution in [2.45, 2.75) is 46.0 Å². The fourth-order valence-electron chi connectivity index (χ4n) is 1.83. The van der Waals surface area contributed by atoms with Crippen LogP contribution in [0.25, 0.3) is 0 Å². The summed E-state index contributed by atoms with van der Waals surface area (Å²) in [5, 5.41) is 23.7. The van der Waals surface area contributed by atoms with E-state index in [1.807, 2.05) is 13.8 Å². The molecule has 0 amide bonds. The van der Waals surface area contributed by atoms with Gasteiger partial charge in [-0.25, -0.2) is 0 Å². The number of unbranched alkanes of at least 4 members (excludes halogenated alkanes) is 2. The molecule has 0 aliphatic heterocycles. The molecule has 4 N–H and O–H groups in total. The molecular weight excluding hydrogens is 432 g/mol. The monoisotopic (exact) mass is 482 g/mol. The Balaban J connectivity index is -0.000000171. The number of rotatable bonds is 18. The Labute approximate surface area is 201 Å². The quantitative estimate of drug-likeness (QED) is 0.164. The first kappa shape index (κ1) is 38.7. The van der Waals surface area contributed by atoms with Gasteiger partial charge < -0.3 is 49.4 Å². The van der Waals surface area contributed by atoms with E-state index in [-0.39, 0.29) is 6.42 Å². The Bertz CT molecular complexity index is 371. The Morgan fingerprint density at radius 1 is 0.727 bits per heavy atom. The SMILES string of the molecule is CCC=CC(=O)[O-].CCCCCC(=O)[O-].COCC[NH2+]CCOC.COCC[NH2+]CCOC. The summed E-state index contributed by atoms with van der Waals surface area (Å²) in [5.41, 5.74) is 0. The van der Waals surface area contributed by atoms with Crippen LogP contribution in [0.5, 0.6) is 0 Å². The first-order valence-electron chi connectivity index (χ1n) is 11.5. The zero-order valence-electron chi connectivity index (χ0n) is 21.8. The molecule has 0 saturated heterocycles. The predicted molar refractivity (Wildman–Crippen MR) is 124 cm³/mol. The van der Waals surface area contributed by atoms with Gasteiger partial charge in [-0.1, -0.05) is 32.8 Å². The summed E-state index contributed by atoms with van der Waals surface area (Å²) in [6.07, 6.45) is 6.34. The third-order valence-electron chi connectivity index (χ3n) is 3.58. The van der Waals surface area contributed by atoms with E-state index >= 15 is 0 Å². The number of ether oxygens (including phenoxy) is 4. The van der Waals surface area contributed by atoms with Crippen LogP contribution in [0.15, 0.2) is 12.2 Å². The van der Waals surface area contributed by atoms with Crippen molar-refractivity contribution in [2.24, 2.45) is 0 Å². The summed E-state index contributed by atoms with van der Waals surface area (Å²) in [6.45, 7) is 11.3. The second-order valence-electron chi connectivity index (χ2n) is 6.66. The van der Waals surface area contributed by atoms with Gasteiger partial charge in [0, 0.05) is 34.4 Å². The lowest BCUT2D eigenvalue weighted by molar-refractivity contribution is -0.657. The van der Waals surface area contributed by atoms with Gasteiger partial charge in [-0.15, -0.1) is 0 Å². The molecule has 0 saturated carbocycles. The maximum absolute atomic E-state index is 9.76. The van der Waals surface area contributed by atoms with E-state index in [1.54, 1.807) is 28.4 Å². The van der Waals surface area contributed by atoms with Crippen molar-refractivity contribution in [3.05, 3.63) is 12.2 Å². The number of carboxylic acids is 2. The molecule has 0 aromatic rings. The molecule has 0 aliphatic carbocycles. The normalized spacial score (nSPS) is 9.76. The van der Waals surface area contributed by atoms with Crippen LogP contribution in [-0.2, 0) is 28.5 Å². The second kappa shape index (κ2) is 40.8. The number of hydrogen-bond acceptors (Lipinski definition) is 8. The fraction of sp³-hybridized carbons (Fsp3) is 0.826. The minimum atomic E-state index is -1.12. The van der Waals surface area contributed by atoms with Crippen LogP contribution >= 0.6 is 0 Å². The van der Waals surface area contributed by atoms with Crippen LogP contribution in [-0.4, -0.2) is 93.0 Å². The first-order valence-corrected chi connectivity index (χ1v) is 11.5. The Hall–Kier alpha value is -1.56. The molecule has 0 atom stereocenters. The average Bonchev–Trinajstić information content (AvgIpc) is 2.79. The minimum absolute atomic E-state index is 0.216. The number of carboxylic acid groups (broad SMARTS) is 2. The van der Waals surface area contributed by atoms with E-state index in [2.05, 4.69) is 10.6 Å².